The van der Waals surface area contributed by atoms with E-state index in [-0.39, 0.29) is 31.4 Å². The van der Waals surface area contributed by atoms with Gasteiger partial charge in [0.2, 0.25) is 12.5 Å². The lowest BCUT2D eigenvalue weighted by Crippen LogP contribution is -2.48. The summed E-state index contributed by atoms with van der Waals surface area (Å²) in [7, 11) is 4.70. The van der Waals surface area contributed by atoms with Gasteiger partial charge < -0.3 is 33.2 Å². The van der Waals surface area contributed by atoms with E-state index in [2.05, 4.69) is 22.9 Å². The highest BCUT2D eigenvalue weighted by atomic mass is 79.9. The van der Waals surface area contributed by atoms with E-state index in [9.17, 15) is 4.79 Å². The molecular formula is C26H29BrO8. The van der Waals surface area contributed by atoms with Gasteiger partial charge in [-0.15, -0.1) is 0 Å². The lowest BCUT2D eigenvalue weighted by Gasteiger charge is -2.44. The largest absolute Gasteiger partial charge is 0.493 e. The molecule has 2 aromatic carbocycles. The van der Waals surface area contributed by atoms with E-state index in [0.29, 0.717) is 35.4 Å². The zero-order valence-electron chi connectivity index (χ0n) is 20.2. The van der Waals surface area contributed by atoms with Gasteiger partial charge in [-0.05, 0) is 47.4 Å². The van der Waals surface area contributed by atoms with E-state index >= 15 is 0 Å². The first-order valence-corrected chi connectivity index (χ1v) is 12.5. The first-order chi connectivity index (χ1) is 17.0. The van der Waals surface area contributed by atoms with Crippen molar-refractivity contribution in [3.05, 3.63) is 41.0 Å². The summed E-state index contributed by atoms with van der Waals surface area (Å²) in [6.07, 6.45) is 1.58. The van der Waals surface area contributed by atoms with Gasteiger partial charge in [-0.2, -0.15) is 0 Å². The Labute approximate surface area is 212 Å². The molecule has 4 atom stereocenters. The molecule has 0 saturated carbocycles. The quantitative estimate of drug-likeness (QED) is 0.265. The van der Waals surface area contributed by atoms with E-state index < -0.39 is 10.2 Å². The van der Waals surface area contributed by atoms with Crippen LogP contribution in [0.2, 0.25) is 0 Å². The molecule has 0 amide bonds. The minimum absolute atomic E-state index is 0.152. The van der Waals surface area contributed by atoms with Gasteiger partial charge in [0, 0.05) is 12.5 Å². The molecule has 35 heavy (non-hydrogen) atoms. The molecule has 1 aliphatic carbocycles. The van der Waals surface area contributed by atoms with Crippen molar-refractivity contribution in [2.75, 3.05) is 41.3 Å². The average molecular weight is 549 g/mol. The van der Waals surface area contributed by atoms with Crippen LogP contribution in [0.4, 0.5) is 0 Å². The molecule has 0 aromatic heterocycles. The van der Waals surface area contributed by atoms with E-state index in [4.69, 9.17) is 33.2 Å². The number of hydrogen-bond donors (Lipinski definition) is 0. The molecule has 0 bridgehead atoms. The van der Waals surface area contributed by atoms with Crippen LogP contribution in [0.3, 0.4) is 0 Å². The molecule has 5 rings (SSSR count). The van der Waals surface area contributed by atoms with Crippen molar-refractivity contribution in [2.24, 2.45) is 5.92 Å². The number of unbranched alkanes of at least 4 members (excludes halogenated alkanes) is 1. The predicted molar refractivity (Wildman–Crippen MR) is 130 cm³/mol. The van der Waals surface area contributed by atoms with Crippen LogP contribution in [0, 0.1) is 5.92 Å². The predicted octanol–water partition coefficient (Wildman–Crippen LogP) is 4.75. The Bertz CT molecular complexity index is 1110. The Morgan fingerprint density at radius 1 is 0.971 bits per heavy atom. The summed E-state index contributed by atoms with van der Waals surface area (Å²) < 4.78 is 39.2. The molecule has 2 heterocycles. The number of carbonyl (C=O) groups is 1. The fourth-order valence-electron chi connectivity index (χ4n) is 5.35. The highest BCUT2D eigenvalue weighted by Gasteiger charge is 2.63. The SMILES string of the molecule is CCCCO[C@H]1c2cc3c(cc2[C@@H](c2cc(OC)c(OC)c(OC)c2)[C@]2(Br)C(=O)OC[C@H]12)OCO3. The van der Waals surface area contributed by atoms with Crippen LogP contribution in [0.1, 0.15) is 48.5 Å². The van der Waals surface area contributed by atoms with Crippen LogP contribution >= 0.6 is 15.9 Å². The monoisotopic (exact) mass is 548 g/mol. The van der Waals surface area contributed by atoms with E-state index in [1.807, 2.05) is 24.3 Å². The van der Waals surface area contributed by atoms with Crippen LogP contribution in [0.15, 0.2) is 24.3 Å². The molecule has 0 spiro atoms. The molecule has 3 aliphatic rings. The van der Waals surface area contributed by atoms with Gasteiger partial charge in [0.05, 0.1) is 40.0 Å². The zero-order valence-corrected chi connectivity index (χ0v) is 21.8. The Kier molecular flexibility index (Phi) is 6.48. The number of esters is 1. The highest BCUT2D eigenvalue weighted by molar-refractivity contribution is 9.10. The Morgan fingerprint density at radius 3 is 2.23 bits per heavy atom. The normalized spacial score (nSPS) is 26.1. The molecule has 1 saturated heterocycles. The zero-order chi connectivity index (χ0) is 24.7. The van der Waals surface area contributed by atoms with Gasteiger partial charge in [-0.1, -0.05) is 29.3 Å². The number of carbonyl (C=O) groups excluding carboxylic acids is 1. The number of methoxy groups -OCH3 is 3. The summed E-state index contributed by atoms with van der Waals surface area (Å²) in [5.74, 6) is 1.77. The van der Waals surface area contributed by atoms with Gasteiger partial charge in [0.15, 0.2) is 23.0 Å². The van der Waals surface area contributed by atoms with Gasteiger partial charge >= 0.3 is 5.97 Å². The molecular weight excluding hydrogens is 520 g/mol. The van der Waals surface area contributed by atoms with Crippen molar-refractivity contribution in [2.45, 2.75) is 36.1 Å². The molecule has 1 fully saturated rings. The van der Waals surface area contributed by atoms with Crippen molar-refractivity contribution in [1.82, 2.24) is 0 Å². The van der Waals surface area contributed by atoms with Gasteiger partial charge in [-0.25, -0.2) is 0 Å². The molecule has 2 aliphatic heterocycles. The number of halogens is 1. The second kappa shape index (κ2) is 9.43. The number of fused-ring (bicyclic) bond motifs is 3. The van der Waals surface area contributed by atoms with Crippen molar-refractivity contribution in [3.8, 4) is 28.7 Å². The maximum absolute atomic E-state index is 13.4. The van der Waals surface area contributed by atoms with E-state index in [0.717, 1.165) is 29.5 Å². The first kappa shape index (κ1) is 24.1. The lowest BCUT2D eigenvalue weighted by atomic mass is 9.66. The second-order valence-electron chi connectivity index (χ2n) is 8.84. The van der Waals surface area contributed by atoms with Crippen molar-refractivity contribution in [1.29, 1.82) is 0 Å². The number of alkyl halides is 1. The van der Waals surface area contributed by atoms with Gasteiger partial charge in [-0.3, -0.25) is 4.79 Å². The maximum Gasteiger partial charge on any atom is 0.324 e. The minimum Gasteiger partial charge on any atom is -0.493 e. The average Bonchev–Trinajstić information content (AvgIpc) is 3.45. The van der Waals surface area contributed by atoms with Crippen molar-refractivity contribution < 1.29 is 38.0 Å². The van der Waals surface area contributed by atoms with Crippen LogP contribution in [0.25, 0.3) is 0 Å². The number of hydrogen-bond acceptors (Lipinski definition) is 8. The third-order valence-electron chi connectivity index (χ3n) is 7.04. The molecule has 188 valence electrons. The fraction of sp³-hybridized carbons (Fsp3) is 0.500. The van der Waals surface area contributed by atoms with E-state index in [1.165, 1.54) is 0 Å². The third-order valence-corrected chi connectivity index (χ3v) is 8.41. The summed E-state index contributed by atoms with van der Waals surface area (Å²) in [5.41, 5.74) is 2.67. The molecule has 0 radical (unpaired) electrons. The van der Waals surface area contributed by atoms with Crippen molar-refractivity contribution >= 4 is 21.9 Å². The molecule has 8 nitrogen and oxygen atoms in total. The number of cyclic esters (lactones) is 1. The van der Waals surface area contributed by atoms with Crippen LogP contribution < -0.4 is 23.7 Å². The minimum atomic E-state index is -1.06. The van der Waals surface area contributed by atoms with Crippen LogP contribution in [0.5, 0.6) is 28.7 Å². The summed E-state index contributed by atoms with van der Waals surface area (Å²) in [6, 6.07) is 7.69. The van der Waals surface area contributed by atoms with Crippen molar-refractivity contribution in [3.63, 3.8) is 0 Å². The van der Waals surface area contributed by atoms with E-state index in [1.54, 1.807) is 21.3 Å². The fourth-order valence-corrected chi connectivity index (χ4v) is 6.35. The summed E-state index contributed by atoms with van der Waals surface area (Å²) in [5, 5.41) is 0. The molecule has 0 N–H and O–H groups in total. The maximum atomic E-state index is 13.4. The van der Waals surface area contributed by atoms with Gasteiger partial charge in [0.25, 0.3) is 0 Å². The number of benzene rings is 2. The summed E-state index contributed by atoms with van der Waals surface area (Å²) in [6.45, 7) is 3.10. The number of rotatable bonds is 8. The standard InChI is InChI=1S/C26H29BrO8/c1-5-6-7-32-23-16-11-19-18(34-13-35-19)10-15(16)22(26(27)17(23)12-33-25(26)28)14-8-20(29-2)24(31-4)21(9-14)30-3/h8-11,17,22-23H,5-7,12-13H2,1-4H3/t17-,22-,23+,26+/m1/s1. The summed E-state index contributed by atoms with van der Waals surface area (Å²) in [4.78, 5) is 13.4. The topological polar surface area (TPSA) is 81.7 Å². The van der Waals surface area contributed by atoms with Gasteiger partial charge in [0.1, 0.15) is 4.32 Å². The molecule has 0 unspecified atom stereocenters. The van der Waals surface area contributed by atoms with Crippen LogP contribution in [-0.2, 0) is 14.3 Å². The summed E-state index contributed by atoms with van der Waals surface area (Å²) >= 11 is 3.88. The third kappa shape index (κ3) is 3.71. The van der Waals surface area contributed by atoms with Crippen LogP contribution in [-0.4, -0.2) is 51.6 Å². The Morgan fingerprint density at radius 2 is 1.63 bits per heavy atom. The smallest absolute Gasteiger partial charge is 0.324 e. The first-order valence-electron chi connectivity index (χ1n) is 11.7. The number of ether oxygens (including phenoxy) is 7. The Balaban J connectivity index is 1.74. The Hall–Kier alpha value is -2.65. The molecule has 2 aromatic rings. The molecule has 9 heteroatoms. The lowest BCUT2D eigenvalue weighted by molar-refractivity contribution is -0.140. The second-order valence-corrected chi connectivity index (χ2v) is 10.2. The highest BCUT2D eigenvalue weighted by Crippen LogP contribution is 2.61.